The summed E-state index contributed by atoms with van der Waals surface area (Å²) >= 11 is 0. The molecule has 1 atom stereocenters. The monoisotopic (exact) mass is 284 g/mol. The van der Waals surface area contributed by atoms with E-state index < -0.39 is 0 Å². The van der Waals surface area contributed by atoms with Crippen molar-refractivity contribution in [2.75, 3.05) is 23.3 Å². The molecule has 0 saturated heterocycles. The third-order valence-corrected chi connectivity index (χ3v) is 3.77. The molecule has 0 heterocycles. The van der Waals surface area contributed by atoms with E-state index in [2.05, 4.69) is 55.3 Å². The van der Waals surface area contributed by atoms with Crippen LogP contribution in [-0.2, 0) is 0 Å². The fourth-order valence-electron chi connectivity index (χ4n) is 2.45. The number of anilines is 2. The van der Waals surface area contributed by atoms with Crippen molar-refractivity contribution in [2.24, 2.45) is 0 Å². The van der Waals surface area contributed by atoms with Gasteiger partial charge < -0.3 is 15.3 Å². The van der Waals surface area contributed by atoms with Gasteiger partial charge in [-0.3, -0.25) is 0 Å². The van der Waals surface area contributed by atoms with Crippen LogP contribution in [0.1, 0.15) is 32.4 Å². The Kier molecular flexibility index (Phi) is 5.09. The number of nitrogens with one attached hydrogen (secondary N) is 1. The first-order chi connectivity index (χ1) is 10.1. The quantitative estimate of drug-likeness (QED) is 0.824. The van der Waals surface area contributed by atoms with Gasteiger partial charge in [-0.2, -0.15) is 0 Å². The fraction of sp³-hybridized carbons (Fsp3) is 0.333. The molecule has 112 valence electrons. The van der Waals surface area contributed by atoms with Crippen molar-refractivity contribution >= 4 is 11.4 Å². The van der Waals surface area contributed by atoms with E-state index in [0.717, 1.165) is 24.3 Å². The molecule has 21 heavy (non-hydrogen) atoms. The van der Waals surface area contributed by atoms with Crippen LogP contribution in [0.3, 0.4) is 0 Å². The summed E-state index contributed by atoms with van der Waals surface area (Å²) in [7, 11) is 0. The summed E-state index contributed by atoms with van der Waals surface area (Å²) in [5, 5.41) is 12.8. The number of aromatic hydroxyl groups is 1. The number of nitrogens with zero attached hydrogens (tertiary/aromatic N) is 1. The van der Waals surface area contributed by atoms with Crippen molar-refractivity contribution < 1.29 is 5.11 Å². The van der Waals surface area contributed by atoms with Gasteiger partial charge in [-0.05, 0) is 62.7 Å². The molecular formula is C18H24N2O. The summed E-state index contributed by atoms with van der Waals surface area (Å²) in [6.45, 7) is 8.50. The largest absolute Gasteiger partial charge is 0.508 e. The maximum Gasteiger partial charge on any atom is 0.115 e. The minimum Gasteiger partial charge on any atom is -0.508 e. The normalized spacial score (nSPS) is 12.0. The van der Waals surface area contributed by atoms with Gasteiger partial charge in [-0.1, -0.05) is 12.1 Å². The third kappa shape index (κ3) is 3.91. The lowest BCUT2D eigenvalue weighted by Crippen LogP contribution is -2.21. The van der Waals surface area contributed by atoms with Gasteiger partial charge in [0.25, 0.3) is 0 Å². The van der Waals surface area contributed by atoms with E-state index in [1.165, 1.54) is 5.69 Å². The van der Waals surface area contributed by atoms with Crippen LogP contribution in [0.15, 0.2) is 48.5 Å². The van der Waals surface area contributed by atoms with Crippen molar-refractivity contribution in [1.29, 1.82) is 0 Å². The Hall–Kier alpha value is -2.16. The maximum absolute atomic E-state index is 9.33. The summed E-state index contributed by atoms with van der Waals surface area (Å²) in [5.74, 6) is 0.300. The van der Waals surface area contributed by atoms with Crippen LogP contribution >= 0.6 is 0 Å². The average molecular weight is 284 g/mol. The van der Waals surface area contributed by atoms with Crippen LogP contribution < -0.4 is 10.2 Å². The zero-order chi connectivity index (χ0) is 15.2. The van der Waals surface area contributed by atoms with Gasteiger partial charge >= 0.3 is 0 Å². The molecule has 2 rings (SSSR count). The first-order valence-corrected chi connectivity index (χ1v) is 7.54. The number of hydrogen-bond acceptors (Lipinski definition) is 3. The molecule has 0 radical (unpaired) electrons. The van der Waals surface area contributed by atoms with E-state index in [1.54, 1.807) is 12.1 Å². The molecule has 0 amide bonds. The van der Waals surface area contributed by atoms with Gasteiger partial charge in [0.2, 0.25) is 0 Å². The second kappa shape index (κ2) is 7.02. The molecule has 0 aliphatic heterocycles. The standard InChI is InChI=1S/C18H24N2O/c1-4-20(5-2)17-10-8-16(9-11-17)19-14(3)15-6-12-18(21)13-7-15/h6-14,19,21H,4-5H2,1-3H3. The Bertz CT molecular complexity index is 544. The number of phenols is 1. The van der Waals surface area contributed by atoms with E-state index >= 15 is 0 Å². The Balaban J connectivity index is 2.04. The van der Waals surface area contributed by atoms with E-state index in [0.29, 0.717) is 5.75 Å². The van der Waals surface area contributed by atoms with Crippen molar-refractivity contribution in [3.63, 3.8) is 0 Å². The Morgan fingerprint density at radius 3 is 2.05 bits per heavy atom. The summed E-state index contributed by atoms with van der Waals surface area (Å²) in [4.78, 5) is 2.33. The SMILES string of the molecule is CCN(CC)c1ccc(NC(C)c2ccc(O)cc2)cc1. The van der Waals surface area contributed by atoms with Crippen molar-refractivity contribution in [3.8, 4) is 5.75 Å². The first-order valence-electron chi connectivity index (χ1n) is 7.54. The molecule has 0 aliphatic carbocycles. The maximum atomic E-state index is 9.33. The van der Waals surface area contributed by atoms with Gasteiger partial charge in [-0.15, -0.1) is 0 Å². The molecule has 0 aromatic heterocycles. The molecule has 2 aromatic rings. The predicted octanol–water partition coefficient (Wildman–Crippen LogP) is 4.41. The zero-order valence-corrected chi connectivity index (χ0v) is 13.0. The van der Waals surface area contributed by atoms with Gasteiger partial charge in [0.05, 0.1) is 0 Å². The van der Waals surface area contributed by atoms with Crippen molar-refractivity contribution in [2.45, 2.75) is 26.8 Å². The fourth-order valence-corrected chi connectivity index (χ4v) is 2.45. The lowest BCUT2D eigenvalue weighted by molar-refractivity contribution is 0.475. The van der Waals surface area contributed by atoms with Gasteiger partial charge in [-0.25, -0.2) is 0 Å². The highest BCUT2D eigenvalue weighted by molar-refractivity contribution is 5.55. The van der Waals surface area contributed by atoms with E-state index in [4.69, 9.17) is 0 Å². The van der Waals surface area contributed by atoms with Gasteiger partial charge in [0.15, 0.2) is 0 Å². The highest BCUT2D eigenvalue weighted by Crippen LogP contribution is 2.23. The van der Waals surface area contributed by atoms with Gasteiger partial charge in [0, 0.05) is 30.5 Å². The molecule has 0 spiro atoms. The zero-order valence-electron chi connectivity index (χ0n) is 13.0. The second-order valence-electron chi connectivity index (χ2n) is 5.18. The highest BCUT2D eigenvalue weighted by Gasteiger charge is 2.06. The molecule has 2 N–H and O–H groups in total. The molecule has 0 saturated carbocycles. The van der Waals surface area contributed by atoms with E-state index in [9.17, 15) is 5.11 Å². The van der Waals surface area contributed by atoms with Gasteiger partial charge in [0.1, 0.15) is 5.75 Å². The van der Waals surface area contributed by atoms with E-state index in [-0.39, 0.29) is 6.04 Å². The van der Waals surface area contributed by atoms with Crippen molar-refractivity contribution in [3.05, 3.63) is 54.1 Å². The van der Waals surface area contributed by atoms with Crippen LogP contribution in [0.5, 0.6) is 5.75 Å². The average Bonchev–Trinajstić information content (AvgIpc) is 2.51. The molecule has 0 fully saturated rings. The third-order valence-electron chi connectivity index (χ3n) is 3.77. The highest BCUT2D eigenvalue weighted by atomic mass is 16.3. The number of phenolic OH excluding ortho intramolecular Hbond substituents is 1. The molecule has 2 aromatic carbocycles. The van der Waals surface area contributed by atoms with Crippen molar-refractivity contribution in [1.82, 2.24) is 0 Å². The molecule has 3 heteroatoms. The molecule has 1 unspecified atom stereocenters. The molecular weight excluding hydrogens is 260 g/mol. The topological polar surface area (TPSA) is 35.5 Å². The smallest absolute Gasteiger partial charge is 0.115 e. The molecule has 3 nitrogen and oxygen atoms in total. The lowest BCUT2D eigenvalue weighted by atomic mass is 10.1. The predicted molar refractivity (Wildman–Crippen MR) is 90.1 cm³/mol. The van der Waals surface area contributed by atoms with Crippen LogP contribution in [0.4, 0.5) is 11.4 Å². The summed E-state index contributed by atoms with van der Waals surface area (Å²) in [6.07, 6.45) is 0. The van der Waals surface area contributed by atoms with Crippen LogP contribution in [0, 0.1) is 0 Å². The number of hydrogen-bond donors (Lipinski definition) is 2. The minimum atomic E-state index is 0.199. The van der Waals surface area contributed by atoms with Crippen LogP contribution in [0.2, 0.25) is 0 Å². The first kappa shape index (κ1) is 15.2. The summed E-state index contributed by atoms with van der Waals surface area (Å²) < 4.78 is 0. The van der Waals surface area contributed by atoms with E-state index in [1.807, 2.05) is 12.1 Å². The minimum absolute atomic E-state index is 0.199. The Morgan fingerprint density at radius 1 is 0.952 bits per heavy atom. The Labute approximate surface area is 127 Å². The molecule has 0 bridgehead atoms. The summed E-state index contributed by atoms with van der Waals surface area (Å²) in [5.41, 5.74) is 3.51. The summed E-state index contributed by atoms with van der Waals surface area (Å²) in [6, 6.07) is 16.1. The second-order valence-corrected chi connectivity index (χ2v) is 5.18. The Morgan fingerprint density at radius 2 is 1.52 bits per heavy atom. The van der Waals surface area contributed by atoms with Crippen LogP contribution in [0.25, 0.3) is 0 Å². The molecule has 0 aliphatic rings. The lowest BCUT2D eigenvalue weighted by Gasteiger charge is -2.22. The number of benzene rings is 2. The number of rotatable bonds is 6. The van der Waals surface area contributed by atoms with Crippen LogP contribution in [-0.4, -0.2) is 18.2 Å².